The number of anilines is 2. The van der Waals surface area contributed by atoms with Crippen molar-refractivity contribution in [2.24, 2.45) is 0 Å². The standard InChI is InChI=1S/C14H10N2O7S.Na/c15-4-1-2-6(17)10-8(4)13(19)9-5(16)3-7(24(21,22)23)12(18)11(9)14(10)20;/h1-3,17-18H,15-16H2,(H,21,22,23);/q;+1/p-1. The number of benzene rings is 2. The van der Waals surface area contributed by atoms with Gasteiger partial charge < -0.3 is 21.7 Å². The predicted molar refractivity (Wildman–Crippen MR) is 79.5 cm³/mol. The molecule has 1 aliphatic rings. The van der Waals surface area contributed by atoms with Crippen molar-refractivity contribution in [1.29, 1.82) is 0 Å². The Labute approximate surface area is 163 Å². The SMILES string of the molecule is Nc1ccc([O-])c2c1C(=O)c1c(N)cc(S(=O)(=O)O)c(O)c1C2=O.[Na+]. The number of nitrogen functional groups attached to an aromatic ring is 2. The topological polar surface area (TPSA) is 184 Å². The largest absolute Gasteiger partial charge is 1.00 e. The molecule has 0 atom stereocenters. The Hall–Kier alpha value is -2.11. The zero-order valence-corrected chi connectivity index (χ0v) is 15.5. The van der Waals surface area contributed by atoms with Crippen LogP contribution in [0.1, 0.15) is 31.8 Å². The van der Waals surface area contributed by atoms with Gasteiger partial charge in [0.25, 0.3) is 10.1 Å². The second-order valence-electron chi connectivity index (χ2n) is 5.10. The van der Waals surface area contributed by atoms with Gasteiger partial charge in [-0.1, -0.05) is 11.8 Å². The molecule has 0 unspecified atom stereocenters. The van der Waals surface area contributed by atoms with Crippen LogP contribution in [0.3, 0.4) is 0 Å². The Bertz CT molecular complexity index is 1060. The molecule has 1 aliphatic carbocycles. The molecule has 2 aromatic carbocycles. The molecular weight excluding hydrogens is 363 g/mol. The fourth-order valence-corrected chi connectivity index (χ4v) is 3.27. The van der Waals surface area contributed by atoms with E-state index < -0.39 is 60.5 Å². The molecule has 25 heavy (non-hydrogen) atoms. The third-order valence-electron chi connectivity index (χ3n) is 3.68. The number of rotatable bonds is 1. The second kappa shape index (κ2) is 6.00. The first-order chi connectivity index (χ1) is 11.1. The van der Waals surface area contributed by atoms with Crippen LogP contribution in [-0.2, 0) is 10.1 Å². The summed E-state index contributed by atoms with van der Waals surface area (Å²) < 4.78 is 31.7. The summed E-state index contributed by atoms with van der Waals surface area (Å²) in [6.45, 7) is 0. The molecule has 0 fully saturated rings. The van der Waals surface area contributed by atoms with E-state index in [0.717, 1.165) is 12.1 Å². The van der Waals surface area contributed by atoms with E-state index in [1.54, 1.807) is 0 Å². The van der Waals surface area contributed by atoms with E-state index in [-0.39, 0.29) is 40.8 Å². The van der Waals surface area contributed by atoms with Gasteiger partial charge in [0, 0.05) is 16.9 Å². The zero-order valence-electron chi connectivity index (χ0n) is 12.7. The smallest absolute Gasteiger partial charge is 0.872 e. The van der Waals surface area contributed by atoms with Crippen LogP contribution in [0.4, 0.5) is 11.4 Å². The molecule has 0 radical (unpaired) electrons. The average Bonchev–Trinajstić information content (AvgIpc) is 2.47. The van der Waals surface area contributed by atoms with Gasteiger partial charge >= 0.3 is 29.6 Å². The summed E-state index contributed by atoms with van der Waals surface area (Å²) in [5.41, 5.74) is 8.50. The second-order valence-corrected chi connectivity index (χ2v) is 6.49. The van der Waals surface area contributed by atoms with Gasteiger partial charge in [0.2, 0.25) is 0 Å². The van der Waals surface area contributed by atoms with Crippen molar-refractivity contribution in [2.45, 2.75) is 4.90 Å². The number of nitrogens with two attached hydrogens (primary N) is 2. The van der Waals surface area contributed by atoms with Gasteiger partial charge in [-0.3, -0.25) is 14.1 Å². The van der Waals surface area contributed by atoms with Crippen molar-refractivity contribution < 1.29 is 62.3 Å². The van der Waals surface area contributed by atoms with E-state index in [9.17, 15) is 28.2 Å². The molecule has 3 rings (SSSR count). The fraction of sp³-hybridized carbons (Fsp3) is 0. The molecule has 6 N–H and O–H groups in total. The van der Waals surface area contributed by atoms with Crippen LogP contribution in [0.25, 0.3) is 0 Å². The quantitative estimate of drug-likeness (QED) is 0.147. The molecule has 0 aliphatic heterocycles. The number of aromatic hydroxyl groups is 1. The molecule has 0 heterocycles. The molecule has 2 aromatic rings. The van der Waals surface area contributed by atoms with Gasteiger partial charge in [0.15, 0.2) is 11.6 Å². The third kappa shape index (κ3) is 2.68. The van der Waals surface area contributed by atoms with Crippen molar-refractivity contribution in [1.82, 2.24) is 0 Å². The van der Waals surface area contributed by atoms with Crippen LogP contribution < -0.4 is 46.1 Å². The Morgan fingerprint density at radius 1 is 0.920 bits per heavy atom. The first-order valence-corrected chi connectivity index (χ1v) is 7.81. The first-order valence-electron chi connectivity index (χ1n) is 6.37. The van der Waals surface area contributed by atoms with Crippen molar-refractivity contribution in [3.05, 3.63) is 40.5 Å². The average molecular weight is 372 g/mol. The summed E-state index contributed by atoms with van der Waals surface area (Å²) in [5.74, 6) is -3.98. The minimum absolute atomic E-state index is 0. The minimum atomic E-state index is -4.92. The number of fused-ring (bicyclic) bond motifs is 2. The number of hydrogen-bond acceptors (Lipinski definition) is 8. The maximum atomic E-state index is 12.6. The summed E-state index contributed by atoms with van der Waals surface area (Å²) in [5, 5.41) is 22.0. The van der Waals surface area contributed by atoms with Crippen molar-refractivity contribution in [2.75, 3.05) is 11.5 Å². The van der Waals surface area contributed by atoms with Crippen LogP contribution in [0.5, 0.6) is 11.5 Å². The van der Waals surface area contributed by atoms with Crippen LogP contribution >= 0.6 is 0 Å². The molecule has 0 aromatic heterocycles. The molecule has 0 amide bonds. The van der Waals surface area contributed by atoms with Crippen molar-refractivity contribution in [3.8, 4) is 11.5 Å². The Morgan fingerprint density at radius 3 is 2.00 bits per heavy atom. The van der Waals surface area contributed by atoms with Gasteiger partial charge in [-0.15, -0.1) is 0 Å². The van der Waals surface area contributed by atoms with Crippen molar-refractivity contribution >= 4 is 33.1 Å². The molecule has 0 bridgehead atoms. The Morgan fingerprint density at radius 2 is 1.44 bits per heavy atom. The molecule has 9 nitrogen and oxygen atoms in total. The summed E-state index contributed by atoms with van der Waals surface area (Å²) in [4.78, 5) is 24.1. The van der Waals surface area contributed by atoms with Gasteiger partial charge in [-0.2, -0.15) is 8.42 Å². The van der Waals surface area contributed by atoms with Crippen molar-refractivity contribution in [3.63, 3.8) is 0 Å². The molecule has 0 saturated carbocycles. The maximum absolute atomic E-state index is 12.6. The van der Waals surface area contributed by atoms with Gasteiger partial charge in [-0.25, -0.2) is 0 Å². The molecular formula is C14H9N2NaO7S. The number of hydrogen-bond donors (Lipinski definition) is 4. The van der Waals surface area contributed by atoms with E-state index in [4.69, 9.17) is 16.0 Å². The summed E-state index contributed by atoms with van der Waals surface area (Å²) in [7, 11) is -4.92. The monoisotopic (exact) mass is 372 g/mol. The van der Waals surface area contributed by atoms with E-state index in [1.165, 1.54) is 0 Å². The third-order valence-corrected chi connectivity index (χ3v) is 4.55. The number of carbonyl (C=O) groups excluding carboxylic acids is 2. The number of carbonyl (C=O) groups is 2. The minimum Gasteiger partial charge on any atom is -0.872 e. The number of ketones is 2. The van der Waals surface area contributed by atoms with Crippen LogP contribution in [-0.4, -0.2) is 29.6 Å². The van der Waals surface area contributed by atoms with E-state index in [0.29, 0.717) is 6.07 Å². The zero-order chi connectivity index (χ0) is 18.0. The first kappa shape index (κ1) is 19.2. The normalized spacial score (nSPS) is 13.0. The number of phenolic OH excluding ortho intramolecular Hbond substituents is 1. The van der Waals surface area contributed by atoms with Gasteiger partial charge in [-0.05, 0) is 12.1 Å². The fourth-order valence-electron chi connectivity index (χ4n) is 2.65. The van der Waals surface area contributed by atoms with Gasteiger partial charge in [0.05, 0.1) is 16.7 Å². The van der Waals surface area contributed by atoms with Crippen LogP contribution in [0.15, 0.2) is 23.1 Å². The number of phenols is 1. The summed E-state index contributed by atoms with van der Waals surface area (Å²) in [6.07, 6.45) is 0. The Kier molecular flexibility index (Phi) is 4.61. The molecule has 124 valence electrons. The molecule has 11 heteroatoms. The van der Waals surface area contributed by atoms with Crippen LogP contribution in [0, 0.1) is 0 Å². The van der Waals surface area contributed by atoms with Crippen LogP contribution in [0.2, 0.25) is 0 Å². The molecule has 0 spiro atoms. The predicted octanol–water partition coefficient (Wildman–Crippen LogP) is -3.34. The maximum Gasteiger partial charge on any atom is 1.00 e. The molecule has 0 saturated heterocycles. The summed E-state index contributed by atoms with van der Waals surface area (Å²) in [6, 6.07) is 2.77. The van der Waals surface area contributed by atoms with E-state index in [1.807, 2.05) is 0 Å². The summed E-state index contributed by atoms with van der Waals surface area (Å²) >= 11 is 0. The van der Waals surface area contributed by atoms with E-state index in [2.05, 4.69) is 0 Å². The van der Waals surface area contributed by atoms with Gasteiger partial charge in [0.1, 0.15) is 10.6 Å². The van der Waals surface area contributed by atoms with E-state index >= 15 is 0 Å². The Balaban J connectivity index is 0.00000225.